The monoisotopic (exact) mass is 465 g/mol. The van der Waals surface area contributed by atoms with E-state index in [1.54, 1.807) is 17.5 Å². The minimum atomic E-state index is 0. The summed E-state index contributed by atoms with van der Waals surface area (Å²) in [5.74, 6) is 0.431. The number of aliphatic imine (C=N–C) groups is 1. The van der Waals surface area contributed by atoms with Crippen LogP contribution in [0.4, 0.5) is 0 Å². The fraction of sp³-hybridized carbons (Fsp3) is 0.167. The second-order valence-electron chi connectivity index (χ2n) is 5.21. The summed E-state index contributed by atoms with van der Waals surface area (Å²) < 4.78 is 0. The van der Waals surface area contributed by atoms with Gasteiger partial charge in [-0.1, -0.05) is 36.4 Å². The van der Waals surface area contributed by atoms with E-state index in [-0.39, 0.29) is 24.0 Å². The van der Waals surface area contributed by atoms with Crippen molar-refractivity contribution in [3.63, 3.8) is 0 Å². The molecule has 5 nitrogen and oxygen atoms in total. The lowest BCUT2D eigenvalue weighted by atomic mass is 10.2. The number of pyridine rings is 1. The molecule has 0 bridgehead atoms. The third-order valence-electron chi connectivity index (χ3n) is 3.40. The maximum absolute atomic E-state index is 5.90. The first-order valence-corrected chi connectivity index (χ1v) is 8.63. The van der Waals surface area contributed by atoms with E-state index in [4.69, 9.17) is 5.73 Å². The number of benzene rings is 1. The van der Waals surface area contributed by atoms with Crippen molar-refractivity contribution in [3.05, 3.63) is 71.5 Å². The lowest BCUT2D eigenvalue weighted by molar-refractivity contribution is 0.826. The molecule has 0 aliphatic heterocycles. The molecule has 130 valence electrons. The van der Waals surface area contributed by atoms with Crippen LogP contribution in [0.5, 0.6) is 0 Å². The Kier molecular flexibility index (Phi) is 7.80. The van der Waals surface area contributed by atoms with Crippen LogP contribution in [0.25, 0.3) is 10.6 Å². The standard InChI is InChI=1S/C18H19N5S.HI/c19-18(21-11-9-15-8-4-5-10-20-15)22-12-16-13-24-17(23-16)14-6-2-1-3-7-14;/h1-8,10,13H,9,11-12H2,(H3,19,21,22);1H. The van der Waals surface area contributed by atoms with Crippen LogP contribution in [0.3, 0.4) is 0 Å². The average molecular weight is 465 g/mol. The molecule has 2 aromatic heterocycles. The highest BCUT2D eigenvalue weighted by Gasteiger charge is 2.04. The zero-order chi connectivity index (χ0) is 16.6. The van der Waals surface area contributed by atoms with Crippen molar-refractivity contribution in [1.82, 2.24) is 15.3 Å². The minimum Gasteiger partial charge on any atom is -0.370 e. The van der Waals surface area contributed by atoms with Gasteiger partial charge in [0.15, 0.2) is 5.96 Å². The van der Waals surface area contributed by atoms with E-state index in [2.05, 4.69) is 32.4 Å². The molecule has 0 aliphatic carbocycles. The predicted molar refractivity (Wildman–Crippen MR) is 114 cm³/mol. The molecular weight excluding hydrogens is 445 g/mol. The Hall–Kier alpha value is -2.00. The Morgan fingerprint density at radius 3 is 2.64 bits per heavy atom. The number of nitrogens with two attached hydrogens (primary N) is 1. The topological polar surface area (TPSA) is 76.2 Å². The van der Waals surface area contributed by atoms with Gasteiger partial charge in [0.2, 0.25) is 0 Å². The Bertz CT molecular complexity index is 789. The van der Waals surface area contributed by atoms with Crippen molar-refractivity contribution in [2.24, 2.45) is 10.7 Å². The molecule has 3 aromatic rings. The molecule has 25 heavy (non-hydrogen) atoms. The molecule has 0 saturated heterocycles. The summed E-state index contributed by atoms with van der Waals surface area (Å²) in [5.41, 5.74) is 8.98. The Morgan fingerprint density at radius 2 is 1.88 bits per heavy atom. The lowest BCUT2D eigenvalue weighted by Gasteiger charge is -2.04. The normalized spacial score (nSPS) is 11.0. The van der Waals surface area contributed by atoms with E-state index >= 15 is 0 Å². The number of hydrogen-bond acceptors (Lipinski definition) is 4. The van der Waals surface area contributed by atoms with Gasteiger partial charge in [-0.3, -0.25) is 4.98 Å². The predicted octanol–water partition coefficient (Wildman–Crippen LogP) is 3.47. The Labute approximate surface area is 168 Å². The third-order valence-corrected chi connectivity index (χ3v) is 4.34. The minimum absolute atomic E-state index is 0. The molecule has 1 aromatic carbocycles. The van der Waals surface area contributed by atoms with Crippen LogP contribution in [0, 0.1) is 0 Å². The maximum atomic E-state index is 5.90. The number of aromatic nitrogens is 2. The number of rotatable bonds is 6. The van der Waals surface area contributed by atoms with Crippen molar-refractivity contribution in [3.8, 4) is 10.6 Å². The van der Waals surface area contributed by atoms with E-state index in [0.29, 0.717) is 19.0 Å². The molecule has 0 aliphatic rings. The van der Waals surface area contributed by atoms with E-state index in [0.717, 1.165) is 28.4 Å². The SMILES string of the molecule is I.NC(=NCc1csc(-c2ccccc2)n1)NCCc1ccccn1. The van der Waals surface area contributed by atoms with Crippen LogP contribution in [-0.2, 0) is 13.0 Å². The van der Waals surface area contributed by atoms with Crippen LogP contribution < -0.4 is 11.1 Å². The largest absolute Gasteiger partial charge is 0.370 e. The molecule has 0 fully saturated rings. The van der Waals surface area contributed by atoms with Gasteiger partial charge in [0.25, 0.3) is 0 Å². The fourth-order valence-electron chi connectivity index (χ4n) is 2.18. The van der Waals surface area contributed by atoms with Crippen LogP contribution in [0.2, 0.25) is 0 Å². The molecule has 0 saturated carbocycles. The summed E-state index contributed by atoms with van der Waals surface area (Å²) in [6.07, 6.45) is 2.60. The van der Waals surface area contributed by atoms with Gasteiger partial charge in [-0.2, -0.15) is 0 Å². The third kappa shape index (κ3) is 6.09. The first-order valence-electron chi connectivity index (χ1n) is 7.75. The zero-order valence-electron chi connectivity index (χ0n) is 13.6. The number of halogens is 1. The quantitative estimate of drug-likeness (QED) is 0.332. The van der Waals surface area contributed by atoms with Gasteiger partial charge < -0.3 is 11.1 Å². The molecular formula is C18H20IN5S. The fourth-order valence-corrected chi connectivity index (χ4v) is 3.00. The van der Waals surface area contributed by atoms with Crippen molar-refractivity contribution >= 4 is 41.3 Å². The van der Waals surface area contributed by atoms with Gasteiger partial charge in [-0.15, -0.1) is 35.3 Å². The van der Waals surface area contributed by atoms with Crippen molar-refractivity contribution in [1.29, 1.82) is 0 Å². The summed E-state index contributed by atoms with van der Waals surface area (Å²) in [4.78, 5) is 13.2. The molecule has 2 heterocycles. The highest BCUT2D eigenvalue weighted by Crippen LogP contribution is 2.23. The van der Waals surface area contributed by atoms with E-state index in [9.17, 15) is 0 Å². The van der Waals surface area contributed by atoms with Gasteiger partial charge in [0, 0.05) is 35.8 Å². The maximum Gasteiger partial charge on any atom is 0.188 e. The molecule has 3 N–H and O–H groups in total. The molecule has 0 unspecified atom stereocenters. The van der Waals surface area contributed by atoms with Crippen LogP contribution in [-0.4, -0.2) is 22.5 Å². The highest BCUT2D eigenvalue weighted by atomic mass is 127. The van der Waals surface area contributed by atoms with Crippen LogP contribution in [0.1, 0.15) is 11.4 Å². The molecule has 0 atom stereocenters. The number of hydrogen-bond donors (Lipinski definition) is 2. The second-order valence-corrected chi connectivity index (χ2v) is 6.07. The van der Waals surface area contributed by atoms with Gasteiger partial charge in [-0.25, -0.2) is 9.98 Å². The van der Waals surface area contributed by atoms with Gasteiger partial charge >= 0.3 is 0 Å². The molecule has 0 radical (unpaired) electrons. The van der Waals surface area contributed by atoms with Crippen LogP contribution >= 0.6 is 35.3 Å². The van der Waals surface area contributed by atoms with E-state index in [1.807, 2.05) is 41.8 Å². The smallest absolute Gasteiger partial charge is 0.188 e. The van der Waals surface area contributed by atoms with Gasteiger partial charge in [0.05, 0.1) is 12.2 Å². The summed E-state index contributed by atoms with van der Waals surface area (Å²) in [6, 6.07) is 16.0. The van der Waals surface area contributed by atoms with Gasteiger partial charge in [-0.05, 0) is 12.1 Å². The Balaban J connectivity index is 0.00000225. The second kappa shape index (κ2) is 10.1. The summed E-state index contributed by atoms with van der Waals surface area (Å²) in [6.45, 7) is 1.18. The van der Waals surface area contributed by atoms with Crippen molar-refractivity contribution in [2.75, 3.05) is 6.54 Å². The zero-order valence-corrected chi connectivity index (χ0v) is 16.8. The highest BCUT2D eigenvalue weighted by molar-refractivity contribution is 14.0. The first kappa shape index (κ1) is 19.3. The number of thiazole rings is 1. The molecule has 0 spiro atoms. The number of guanidine groups is 1. The molecule has 3 rings (SSSR count). The lowest BCUT2D eigenvalue weighted by Crippen LogP contribution is -2.33. The molecule has 0 amide bonds. The average Bonchev–Trinajstić information content (AvgIpc) is 3.11. The van der Waals surface area contributed by atoms with Gasteiger partial charge in [0.1, 0.15) is 5.01 Å². The number of nitrogens with zero attached hydrogens (tertiary/aromatic N) is 3. The van der Waals surface area contributed by atoms with E-state index in [1.165, 1.54) is 0 Å². The van der Waals surface area contributed by atoms with E-state index < -0.39 is 0 Å². The molecule has 7 heteroatoms. The van der Waals surface area contributed by atoms with Crippen molar-refractivity contribution < 1.29 is 0 Å². The summed E-state index contributed by atoms with van der Waals surface area (Å²) in [7, 11) is 0. The Morgan fingerprint density at radius 1 is 1.08 bits per heavy atom. The van der Waals surface area contributed by atoms with Crippen molar-refractivity contribution in [2.45, 2.75) is 13.0 Å². The number of nitrogens with one attached hydrogen (secondary N) is 1. The first-order chi connectivity index (χ1) is 11.8. The summed E-state index contributed by atoms with van der Waals surface area (Å²) >= 11 is 1.62. The summed E-state index contributed by atoms with van der Waals surface area (Å²) in [5, 5.41) is 6.13. The van der Waals surface area contributed by atoms with Crippen LogP contribution in [0.15, 0.2) is 65.1 Å².